The van der Waals surface area contributed by atoms with E-state index in [9.17, 15) is 22.8 Å². The number of carbonyl (C=O) groups excluding carboxylic acids is 2. The van der Waals surface area contributed by atoms with Crippen molar-refractivity contribution >= 4 is 28.8 Å². The monoisotopic (exact) mass is 398 g/mol. The van der Waals surface area contributed by atoms with Gasteiger partial charge in [-0.3, -0.25) is 9.59 Å². The number of halogens is 3. The largest absolute Gasteiger partial charge is 0.573 e. The third-order valence-corrected chi connectivity index (χ3v) is 4.99. The molecule has 1 aromatic carbocycles. The van der Waals surface area contributed by atoms with Gasteiger partial charge in [-0.2, -0.15) is 0 Å². The summed E-state index contributed by atoms with van der Waals surface area (Å²) in [5.74, 6) is -1.06. The Bertz CT molecular complexity index is 808. The molecule has 0 spiro atoms. The van der Waals surface area contributed by atoms with Crippen molar-refractivity contribution in [2.45, 2.75) is 31.7 Å². The molecule has 1 aliphatic rings. The molecule has 5 nitrogen and oxygen atoms in total. The maximum Gasteiger partial charge on any atom is 0.573 e. The molecule has 0 unspecified atom stereocenters. The Balaban J connectivity index is 1.72. The summed E-state index contributed by atoms with van der Waals surface area (Å²) in [5.41, 5.74) is 0.177. The zero-order chi connectivity index (χ0) is 19.4. The smallest absolute Gasteiger partial charge is 0.406 e. The minimum Gasteiger partial charge on any atom is -0.406 e. The number of likely N-dealkylation sites (tertiary alicyclic amines) is 1. The fourth-order valence-electron chi connectivity index (χ4n) is 2.99. The lowest BCUT2D eigenvalue weighted by Gasteiger charge is -2.34. The molecule has 1 aromatic heterocycles. The molecule has 2 aromatic rings. The van der Waals surface area contributed by atoms with Crippen molar-refractivity contribution in [3.8, 4) is 5.75 Å². The normalized spacial score (nSPS) is 17.4. The third kappa shape index (κ3) is 5.00. The molecule has 1 aliphatic heterocycles. The first-order valence-corrected chi connectivity index (χ1v) is 9.22. The van der Waals surface area contributed by atoms with Crippen LogP contribution in [0.5, 0.6) is 5.75 Å². The van der Waals surface area contributed by atoms with Gasteiger partial charge < -0.3 is 15.0 Å². The summed E-state index contributed by atoms with van der Waals surface area (Å²) >= 11 is 1.30. The SMILES string of the molecule is O=C(Nc1cccc(OC(F)(F)F)c1)[C@@H]1CCCCN1C(=O)c1cccs1. The van der Waals surface area contributed by atoms with E-state index in [1.54, 1.807) is 17.5 Å². The van der Waals surface area contributed by atoms with E-state index in [1.807, 2.05) is 0 Å². The van der Waals surface area contributed by atoms with Crippen LogP contribution in [0.3, 0.4) is 0 Å². The molecular formula is C18H17F3N2O3S. The maximum atomic E-state index is 12.7. The van der Waals surface area contributed by atoms with Crippen molar-refractivity contribution in [2.24, 2.45) is 0 Å². The number of benzene rings is 1. The van der Waals surface area contributed by atoms with E-state index in [1.165, 1.54) is 28.4 Å². The lowest BCUT2D eigenvalue weighted by molar-refractivity contribution is -0.274. The van der Waals surface area contributed by atoms with E-state index in [2.05, 4.69) is 10.1 Å². The van der Waals surface area contributed by atoms with E-state index < -0.39 is 24.1 Å². The van der Waals surface area contributed by atoms with Gasteiger partial charge in [0.25, 0.3) is 5.91 Å². The molecule has 1 atom stereocenters. The van der Waals surface area contributed by atoms with E-state index >= 15 is 0 Å². The number of ether oxygens (including phenoxy) is 1. The number of nitrogens with zero attached hydrogens (tertiary/aromatic N) is 1. The molecule has 27 heavy (non-hydrogen) atoms. The quantitative estimate of drug-likeness (QED) is 0.836. The van der Waals surface area contributed by atoms with Crippen molar-refractivity contribution < 1.29 is 27.5 Å². The Morgan fingerprint density at radius 3 is 2.70 bits per heavy atom. The predicted molar refractivity (Wildman–Crippen MR) is 94.7 cm³/mol. The molecule has 0 bridgehead atoms. The van der Waals surface area contributed by atoms with E-state index in [0.29, 0.717) is 17.8 Å². The standard InChI is InChI=1S/C18H17F3N2O3S/c19-18(20,21)26-13-6-3-5-12(11-13)22-16(24)14-7-1-2-9-23(14)17(25)15-8-4-10-27-15/h3-6,8,10-11,14H,1-2,7,9H2,(H,22,24)/t14-/m0/s1. The number of piperidine rings is 1. The van der Waals surface area contributed by atoms with Gasteiger partial charge in [0, 0.05) is 18.3 Å². The fourth-order valence-corrected chi connectivity index (χ4v) is 3.66. The summed E-state index contributed by atoms with van der Waals surface area (Å²) in [7, 11) is 0. The van der Waals surface area contributed by atoms with Gasteiger partial charge in [-0.1, -0.05) is 12.1 Å². The molecule has 0 aliphatic carbocycles. The number of anilines is 1. The molecule has 1 fully saturated rings. The van der Waals surface area contributed by atoms with Crippen LogP contribution < -0.4 is 10.1 Å². The number of nitrogens with one attached hydrogen (secondary N) is 1. The number of amides is 2. The molecule has 0 radical (unpaired) electrons. The minimum absolute atomic E-state index is 0.177. The van der Waals surface area contributed by atoms with Crippen LogP contribution in [0.4, 0.5) is 18.9 Å². The van der Waals surface area contributed by atoms with Gasteiger partial charge in [0.15, 0.2) is 0 Å². The van der Waals surface area contributed by atoms with Crippen LogP contribution in [-0.4, -0.2) is 35.7 Å². The predicted octanol–water partition coefficient (Wildman–Crippen LogP) is 4.28. The van der Waals surface area contributed by atoms with Crippen molar-refractivity contribution in [2.75, 3.05) is 11.9 Å². The van der Waals surface area contributed by atoms with E-state index in [4.69, 9.17) is 0 Å². The first-order valence-electron chi connectivity index (χ1n) is 8.34. The number of rotatable bonds is 4. The van der Waals surface area contributed by atoms with Crippen LogP contribution in [0.2, 0.25) is 0 Å². The topological polar surface area (TPSA) is 58.6 Å². The van der Waals surface area contributed by atoms with E-state index in [-0.39, 0.29) is 11.6 Å². The van der Waals surface area contributed by atoms with Crippen LogP contribution in [0.15, 0.2) is 41.8 Å². The first kappa shape index (κ1) is 19.2. The maximum absolute atomic E-state index is 12.7. The Kier molecular flexibility index (Phi) is 5.69. The summed E-state index contributed by atoms with van der Waals surface area (Å²) in [5, 5.41) is 4.38. The number of thiophene rings is 1. The summed E-state index contributed by atoms with van der Waals surface area (Å²) in [6.45, 7) is 0.464. The summed E-state index contributed by atoms with van der Waals surface area (Å²) < 4.78 is 40.9. The van der Waals surface area contributed by atoms with Crippen molar-refractivity contribution in [3.63, 3.8) is 0 Å². The molecule has 2 heterocycles. The highest BCUT2D eigenvalue weighted by molar-refractivity contribution is 7.12. The van der Waals surface area contributed by atoms with Gasteiger partial charge in [0.1, 0.15) is 11.8 Å². The number of alkyl halides is 3. The van der Waals surface area contributed by atoms with Crippen molar-refractivity contribution in [3.05, 3.63) is 46.7 Å². The van der Waals surface area contributed by atoms with Gasteiger partial charge in [-0.15, -0.1) is 24.5 Å². The fraction of sp³-hybridized carbons (Fsp3) is 0.333. The highest BCUT2D eigenvalue weighted by Crippen LogP contribution is 2.26. The Hall–Kier alpha value is -2.55. The molecular weight excluding hydrogens is 381 g/mol. The van der Waals surface area contributed by atoms with Crippen LogP contribution in [0.1, 0.15) is 28.9 Å². The van der Waals surface area contributed by atoms with Crippen LogP contribution in [-0.2, 0) is 4.79 Å². The molecule has 3 rings (SSSR count). The van der Waals surface area contributed by atoms with Gasteiger partial charge in [0.2, 0.25) is 5.91 Å². The second-order valence-electron chi connectivity index (χ2n) is 6.05. The first-order chi connectivity index (χ1) is 12.8. The van der Waals surface area contributed by atoms with Gasteiger partial charge in [-0.25, -0.2) is 0 Å². The molecule has 144 valence electrons. The highest BCUT2D eigenvalue weighted by atomic mass is 32.1. The van der Waals surface area contributed by atoms with Gasteiger partial charge in [-0.05, 0) is 42.8 Å². The Labute approximate surface area is 157 Å². The zero-order valence-corrected chi connectivity index (χ0v) is 15.0. The third-order valence-electron chi connectivity index (χ3n) is 4.13. The Morgan fingerprint density at radius 1 is 1.19 bits per heavy atom. The minimum atomic E-state index is -4.81. The number of hydrogen-bond donors (Lipinski definition) is 1. The molecule has 1 N–H and O–H groups in total. The molecule has 1 saturated heterocycles. The lowest BCUT2D eigenvalue weighted by Crippen LogP contribution is -2.49. The molecule has 9 heteroatoms. The highest BCUT2D eigenvalue weighted by Gasteiger charge is 2.33. The second kappa shape index (κ2) is 7.99. The number of carbonyl (C=O) groups is 2. The van der Waals surface area contributed by atoms with Crippen LogP contribution in [0, 0.1) is 0 Å². The zero-order valence-electron chi connectivity index (χ0n) is 14.2. The molecule has 2 amide bonds. The lowest BCUT2D eigenvalue weighted by atomic mass is 10.0. The van der Waals surface area contributed by atoms with Crippen LogP contribution in [0.25, 0.3) is 0 Å². The van der Waals surface area contributed by atoms with Crippen molar-refractivity contribution in [1.82, 2.24) is 4.90 Å². The van der Waals surface area contributed by atoms with Gasteiger partial charge >= 0.3 is 6.36 Å². The summed E-state index contributed by atoms with van der Waals surface area (Å²) in [6.07, 6.45) is -2.71. The average Bonchev–Trinajstić information content (AvgIpc) is 3.14. The molecule has 0 saturated carbocycles. The Morgan fingerprint density at radius 2 is 2.00 bits per heavy atom. The van der Waals surface area contributed by atoms with Crippen LogP contribution >= 0.6 is 11.3 Å². The van der Waals surface area contributed by atoms with E-state index in [0.717, 1.165) is 25.0 Å². The van der Waals surface area contributed by atoms with Gasteiger partial charge in [0.05, 0.1) is 4.88 Å². The average molecular weight is 398 g/mol. The summed E-state index contributed by atoms with van der Waals surface area (Å²) in [4.78, 5) is 27.4. The number of hydrogen-bond acceptors (Lipinski definition) is 4. The summed E-state index contributed by atoms with van der Waals surface area (Å²) in [6, 6.07) is 7.87. The van der Waals surface area contributed by atoms with Crippen molar-refractivity contribution in [1.29, 1.82) is 0 Å². The second-order valence-corrected chi connectivity index (χ2v) is 7.00.